The number of benzene rings is 1. The number of nitrogens with two attached hydrogens (primary N) is 1. The second-order valence-corrected chi connectivity index (χ2v) is 4.26. The second-order valence-electron chi connectivity index (χ2n) is 4.26. The minimum absolute atomic E-state index is 0.0142. The van der Waals surface area contributed by atoms with Crippen molar-refractivity contribution in [2.24, 2.45) is 5.73 Å². The van der Waals surface area contributed by atoms with Crippen molar-refractivity contribution < 1.29 is 18.7 Å². The maximum absolute atomic E-state index is 13.4. The Hall–Kier alpha value is -1.62. The molecule has 1 aromatic carbocycles. The number of carbonyl (C=O) groups excluding carboxylic acids is 1. The Morgan fingerprint density at radius 2 is 2.11 bits per heavy atom. The smallest absolute Gasteiger partial charge is 0.344 e. The molecule has 0 amide bonds. The molecule has 0 aliphatic rings. The van der Waals surface area contributed by atoms with E-state index in [1.807, 2.05) is 6.92 Å². The third kappa shape index (κ3) is 5.70. The van der Waals surface area contributed by atoms with Crippen LogP contribution in [-0.2, 0) is 16.0 Å². The lowest BCUT2D eigenvalue weighted by Crippen LogP contribution is -2.21. The van der Waals surface area contributed by atoms with Gasteiger partial charge in [-0.2, -0.15) is 0 Å². The zero-order valence-corrected chi connectivity index (χ0v) is 11.3. The molecule has 0 saturated carbocycles. The molecule has 0 spiro atoms. The number of ether oxygens (including phenoxy) is 2. The first-order valence-corrected chi connectivity index (χ1v) is 6.38. The Morgan fingerprint density at radius 1 is 1.37 bits per heavy atom. The molecule has 19 heavy (non-hydrogen) atoms. The molecule has 0 aromatic heterocycles. The fraction of sp³-hybridized carbons (Fsp3) is 0.500. The molecule has 0 saturated heterocycles. The predicted octanol–water partition coefficient (Wildman–Crippen LogP) is 2.05. The van der Waals surface area contributed by atoms with Gasteiger partial charge in [0, 0.05) is 12.1 Å². The topological polar surface area (TPSA) is 61.5 Å². The van der Waals surface area contributed by atoms with Gasteiger partial charge in [0.15, 0.2) is 6.61 Å². The van der Waals surface area contributed by atoms with Crippen LogP contribution in [0.1, 0.15) is 25.8 Å². The van der Waals surface area contributed by atoms with Crippen molar-refractivity contribution in [3.8, 4) is 5.75 Å². The van der Waals surface area contributed by atoms with E-state index < -0.39 is 11.8 Å². The van der Waals surface area contributed by atoms with Gasteiger partial charge in [0.2, 0.25) is 0 Å². The van der Waals surface area contributed by atoms with E-state index in [0.717, 1.165) is 12.0 Å². The van der Waals surface area contributed by atoms with E-state index in [9.17, 15) is 9.18 Å². The van der Waals surface area contributed by atoms with Crippen molar-refractivity contribution in [3.63, 3.8) is 0 Å². The van der Waals surface area contributed by atoms with Gasteiger partial charge in [-0.25, -0.2) is 9.18 Å². The molecule has 2 N–H and O–H groups in total. The Morgan fingerprint density at radius 3 is 2.74 bits per heavy atom. The Labute approximate surface area is 112 Å². The fourth-order valence-corrected chi connectivity index (χ4v) is 1.61. The predicted molar refractivity (Wildman–Crippen MR) is 70.5 cm³/mol. The van der Waals surface area contributed by atoms with Gasteiger partial charge in [0.25, 0.3) is 0 Å². The monoisotopic (exact) mass is 269 g/mol. The summed E-state index contributed by atoms with van der Waals surface area (Å²) < 4.78 is 23.3. The number of carbonyl (C=O) groups is 1. The molecule has 0 heterocycles. The minimum Gasteiger partial charge on any atom is -0.482 e. The summed E-state index contributed by atoms with van der Waals surface area (Å²) in [5, 5.41) is 0. The summed E-state index contributed by atoms with van der Waals surface area (Å²) >= 11 is 0. The third-order valence-corrected chi connectivity index (χ3v) is 2.62. The van der Waals surface area contributed by atoms with E-state index in [0.29, 0.717) is 18.8 Å². The van der Waals surface area contributed by atoms with Crippen LogP contribution in [0.2, 0.25) is 0 Å². The standard InChI is InChI=1S/C14H20FNO3/c1-3-12(16)6-10-5-11(15)8-13(7-10)19-9-14(17)18-4-2/h5,7-8,12H,3-4,6,9,16H2,1-2H3. The first-order valence-electron chi connectivity index (χ1n) is 6.38. The lowest BCUT2D eigenvalue weighted by atomic mass is 10.0. The zero-order valence-electron chi connectivity index (χ0n) is 11.3. The summed E-state index contributed by atoms with van der Waals surface area (Å²) in [4.78, 5) is 11.1. The fourth-order valence-electron chi connectivity index (χ4n) is 1.61. The molecule has 4 nitrogen and oxygen atoms in total. The minimum atomic E-state index is -0.474. The van der Waals surface area contributed by atoms with Gasteiger partial charge in [-0.05, 0) is 37.5 Å². The highest BCUT2D eigenvalue weighted by molar-refractivity contribution is 5.71. The highest BCUT2D eigenvalue weighted by atomic mass is 19.1. The van der Waals surface area contributed by atoms with Crippen molar-refractivity contribution in [1.82, 2.24) is 0 Å². The highest BCUT2D eigenvalue weighted by Gasteiger charge is 2.08. The number of rotatable bonds is 7. The summed E-state index contributed by atoms with van der Waals surface area (Å²) in [5.74, 6) is -0.565. The molecule has 1 rings (SSSR count). The lowest BCUT2D eigenvalue weighted by Gasteiger charge is -2.11. The molecule has 0 fully saturated rings. The number of esters is 1. The van der Waals surface area contributed by atoms with E-state index in [1.54, 1.807) is 13.0 Å². The molecular weight excluding hydrogens is 249 g/mol. The van der Waals surface area contributed by atoms with Crippen LogP contribution in [0.4, 0.5) is 4.39 Å². The van der Waals surface area contributed by atoms with Gasteiger partial charge in [-0.15, -0.1) is 0 Å². The number of halogens is 1. The number of hydrogen-bond acceptors (Lipinski definition) is 4. The van der Waals surface area contributed by atoms with E-state index in [4.69, 9.17) is 15.2 Å². The van der Waals surface area contributed by atoms with Crippen LogP contribution in [0.25, 0.3) is 0 Å². The molecule has 0 aliphatic heterocycles. The normalized spacial score (nSPS) is 12.0. The van der Waals surface area contributed by atoms with Gasteiger partial charge in [0.1, 0.15) is 11.6 Å². The zero-order chi connectivity index (χ0) is 14.3. The molecular formula is C14H20FNO3. The SMILES string of the molecule is CCOC(=O)COc1cc(F)cc(CC(N)CC)c1. The van der Waals surface area contributed by atoms with Crippen molar-refractivity contribution in [1.29, 1.82) is 0 Å². The number of hydrogen-bond donors (Lipinski definition) is 1. The van der Waals surface area contributed by atoms with Gasteiger partial charge >= 0.3 is 5.97 Å². The third-order valence-electron chi connectivity index (χ3n) is 2.62. The van der Waals surface area contributed by atoms with Crippen molar-refractivity contribution >= 4 is 5.97 Å². The van der Waals surface area contributed by atoms with E-state index in [1.165, 1.54) is 12.1 Å². The second kappa shape index (κ2) is 7.74. The van der Waals surface area contributed by atoms with Gasteiger partial charge in [-0.1, -0.05) is 6.92 Å². The van der Waals surface area contributed by atoms with Crippen LogP contribution in [0.5, 0.6) is 5.75 Å². The van der Waals surface area contributed by atoms with Crippen molar-refractivity contribution in [2.45, 2.75) is 32.7 Å². The highest BCUT2D eigenvalue weighted by Crippen LogP contribution is 2.18. The first-order chi connectivity index (χ1) is 9.05. The Kier molecular flexibility index (Phi) is 6.29. The molecule has 1 atom stereocenters. The summed E-state index contributed by atoms with van der Waals surface area (Å²) in [7, 11) is 0. The van der Waals surface area contributed by atoms with E-state index in [-0.39, 0.29) is 12.6 Å². The molecule has 1 unspecified atom stereocenters. The largest absolute Gasteiger partial charge is 0.482 e. The Bertz CT molecular complexity index is 423. The maximum atomic E-state index is 13.4. The van der Waals surface area contributed by atoms with Crippen LogP contribution >= 0.6 is 0 Å². The first kappa shape index (κ1) is 15.4. The van der Waals surface area contributed by atoms with Crippen LogP contribution < -0.4 is 10.5 Å². The van der Waals surface area contributed by atoms with Crippen LogP contribution in [0.3, 0.4) is 0 Å². The summed E-state index contributed by atoms with van der Waals surface area (Å²) in [5.41, 5.74) is 6.59. The molecule has 5 heteroatoms. The molecule has 106 valence electrons. The van der Waals surface area contributed by atoms with Gasteiger partial charge in [0.05, 0.1) is 6.61 Å². The molecule has 0 radical (unpaired) electrons. The Balaban J connectivity index is 2.65. The summed E-state index contributed by atoms with van der Waals surface area (Å²) in [6.07, 6.45) is 1.39. The van der Waals surface area contributed by atoms with E-state index in [2.05, 4.69) is 0 Å². The van der Waals surface area contributed by atoms with Crippen LogP contribution in [0.15, 0.2) is 18.2 Å². The maximum Gasteiger partial charge on any atom is 0.344 e. The molecule has 0 bridgehead atoms. The molecule has 1 aromatic rings. The molecule has 0 aliphatic carbocycles. The van der Waals surface area contributed by atoms with Crippen LogP contribution in [0, 0.1) is 5.82 Å². The van der Waals surface area contributed by atoms with E-state index >= 15 is 0 Å². The lowest BCUT2D eigenvalue weighted by molar-refractivity contribution is -0.145. The average Bonchev–Trinajstić information content (AvgIpc) is 2.36. The van der Waals surface area contributed by atoms with Crippen molar-refractivity contribution in [2.75, 3.05) is 13.2 Å². The van der Waals surface area contributed by atoms with Crippen LogP contribution in [-0.4, -0.2) is 25.2 Å². The van der Waals surface area contributed by atoms with Crippen molar-refractivity contribution in [3.05, 3.63) is 29.6 Å². The van der Waals surface area contributed by atoms with Gasteiger partial charge < -0.3 is 15.2 Å². The average molecular weight is 269 g/mol. The summed E-state index contributed by atoms with van der Waals surface area (Å²) in [6, 6.07) is 4.34. The quantitative estimate of drug-likeness (QED) is 0.769. The summed E-state index contributed by atoms with van der Waals surface area (Å²) in [6.45, 7) is 3.75. The van der Waals surface area contributed by atoms with Gasteiger partial charge in [-0.3, -0.25) is 0 Å².